The minimum Gasteiger partial charge on any atom is -0.325 e. The van der Waals surface area contributed by atoms with Crippen molar-refractivity contribution in [3.8, 4) is 0 Å². The highest BCUT2D eigenvalue weighted by atomic mass is 16.2. The first-order valence-corrected chi connectivity index (χ1v) is 4.23. The first-order chi connectivity index (χ1) is 6.43. The van der Waals surface area contributed by atoms with Gasteiger partial charge in [-0.05, 0) is 25.5 Å². The van der Waals surface area contributed by atoms with E-state index in [1.165, 1.54) is 11.9 Å². The average Bonchev–Trinajstić information content (AvgIpc) is 2.01. The highest BCUT2D eigenvalue weighted by molar-refractivity contribution is 5.96. The third-order valence-electron chi connectivity index (χ3n) is 2.04. The van der Waals surface area contributed by atoms with Crippen LogP contribution in [0.1, 0.15) is 11.3 Å². The number of H-pyrrole nitrogens is 1. The van der Waals surface area contributed by atoms with Crippen LogP contribution in [0.3, 0.4) is 0 Å². The fourth-order valence-corrected chi connectivity index (χ4v) is 1.39. The molecule has 1 N–H and O–H groups in total. The van der Waals surface area contributed by atoms with Crippen LogP contribution in [0, 0.1) is 20.8 Å². The maximum absolute atomic E-state index is 11.5. The zero-order valence-corrected chi connectivity index (χ0v) is 8.55. The molecule has 1 heterocycles. The van der Waals surface area contributed by atoms with Crippen LogP contribution in [-0.2, 0) is 4.79 Å². The van der Waals surface area contributed by atoms with Gasteiger partial charge in [-0.3, -0.25) is 9.59 Å². The number of aromatic nitrogens is 1. The second-order valence-electron chi connectivity index (χ2n) is 3.27. The molecule has 0 saturated heterocycles. The van der Waals surface area contributed by atoms with E-state index in [2.05, 4.69) is 11.9 Å². The van der Waals surface area contributed by atoms with Gasteiger partial charge in [0, 0.05) is 19.7 Å². The van der Waals surface area contributed by atoms with Gasteiger partial charge in [-0.15, -0.1) is 0 Å². The Hall–Kier alpha value is -1.58. The number of hydrogen-bond acceptors (Lipinski definition) is 2. The van der Waals surface area contributed by atoms with E-state index in [4.69, 9.17) is 0 Å². The highest BCUT2D eigenvalue weighted by Crippen LogP contribution is 2.13. The van der Waals surface area contributed by atoms with E-state index in [0.29, 0.717) is 5.69 Å². The third-order valence-corrected chi connectivity index (χ3v) is 2.04. The quantitative estimate of drug-likeness (QED) is 0.716. The molecule has 1 aromatic heterocycles. The number of aromatic amines is 1. The van der Waals surface area contributed by atoms with Crippen LogP contribution in [0.5, 0.6) is 0 Å². The molecule has 0 aliphatic carbocycles. The number of carbonyl (C=O) groups is 1. The summed E-state index contributed by atoms with van der Waals surface area (Å²) in [7, 11) is 1.53. The van der Waals surface area contributed by atoms with Crippen molar-refractivity contribution in [1.82, 2.24) is 4.98 Å². The average molecular weight is 193 g/mol. The molecule has 1 radical (unpaired) electrons. The van der Waals surface area contributed by atoms with Gasteiger partial charge in [0.25, 0.3) is 5.56 Å². The zero-order valence-electron chi connectivity index (χ0n) is 8.55. The topological polar surface area (TPSA) is 53.2 Å². The number of amides is 1. The van der Waals surface area contributed by atoms with E-state index in [1.807, 2.05) is 6.07 Å². The number of aryl methyl sites for hydroxylation is 2. The van der Waals surface area contributed by atoms with Gasteiger partial charge >= 0.3 is 0 Å². The van der Waals surface area contributed by atoms with Crippen molar-refractivity contribution in [2.45, 2.75) is 13.8 Å². The Labute approximate surface area is 82.6 Å². The number of hydrogen-bond donors (Lipinski definition) is 1. The van der Waals surface area contributed by atoms with Gasteiger partial charge < -0.3 is 9.88 Å². The molecule has 14 heavy (non-hydrogen) atoms. The molecule has 0 unspecified atom stereocenters. The number of anilines is 1. The van der Waals surface area contributed by atoms with Gasteiger partial charge in [0.15, 0.2) is 0 Å². The van der Waals surface area contributed by atoms with Crippen molar-refractivity contribution in [2.24, 2.45) is 0 Å². The lowest BCUT2D eigenvalue weighted by Crippen LogP contribution is -2.30. The third kappa shape index (κ3) is 1.84. The summed E-state index contributed by atoms with van der Waals surface area (Å²) in [5, 5.41) is 0. The number of pyridine rings is 1. The molecule has 0 fully saturated rings. The summed E-state index contributed by atoms with van der Waals surface area (Å²) in [4.78, 5) is 26.4. The van der Waals surface area contributed by atoms with E-state index in [1.54, 1.807) is 13.8 Å². The highest BCUT2D eigenvalue weighted by Gasteiger charge is 2.12. The lowest BCUT2D eigenvalue weighted by molar-refractivity contribution is -0.114. The molecule has 4 nitrogen and oxygen atoms in total. The molecule has 1 rings (SSSR count). The summed E-state index contributed by atoms with van der Waals surface area (Å²) in [6, 6.07) is 1.82. The summed E-state index contributed by atoms with van der Waals surface area (Å²) in [6.45, 7) is 6.84. The maximum atomic E-state index is 11.5. The molecule has 1 amide bonds. The lowest BCUT2D eigenvalue weighted by atomic mass is 10.2. The molecule has 0 bridgehead atoms. The molecular formula is C10H13N2O2. The Bertz CT molecular complexity index is 421. The van der Waals surface area contributed by atoms with Crippen LogP contribution >= 0.6 is 0 Å². The summed E-state index contributed by atoms with van der Waals surface area (Å²) in [6.07, 6.45) is 0. The fraction of sp³-hybridized carbons (Fsp3) is 0.300. The molecule has 0 aliphatic rings. The van der Waals surface area contributed by atoms with Crippen LogP contribution < -0.4 is 10.5 Å². The van der Waals surface area contributed by atoms with Crippen molar-refractivity contribution >= 4 is 11.6 Å². The van der Waals surface area contributed by atoms with Gasteiger partial charge in [-0.2, -0.15) is 0 Å². The second-order valence-corrected chi connectivity index (χ2v) is 3.27. The van der Waals surface area contributed by atoms with Gasteiger partial charge in [0.2, 0.25) is 5.91 Å². The number of nitrogens with one attached hydrogen (secondary N) is 1. The van der Waals surface area contributed by atoms with Crippen molar-refractivity contribution in [1.29, 1.82) is 0 Å². The van der Waals surface area contributed by atoms with Crippen molar-refractivity contribution in [3.63, 3.8) is 0 Å². The molecule has 0 spiro atoms. The van der Waals surface area contributed by atoms with Crippen LogP contribution in [0.15, 0.2) is 10.9 Å². The molecule has 75 valence electrons. The molecule has 0 saturated carbocycles. The number of nitrogens with zero attached hydrogens (tertiary/aromatic N) is 1. The summed E-state index contributed by atoms with van der Waals surface area (Å²) >= 11 is 0. The first-order valence-electron chi connectivity index (χ1n) is 4.23. The predicted octanol–water partition coefficient (Wildman–Crippen LogP) is 0.789. The van der Waals surface area contributed by atoms with Gasteiger partial charge in [0.1, 0.15) is 5.69 Å². The van der Waals surface area contributed by atoms with E-state index < -0.39 is 5.91 Å². The standard InChI is InChI=1S/C10H13N2O2/c1-6-5-7(2)11-10(14)9(6)12(4)8(3)13/h5H,3H2,1-2,4H3,(H,11,14). The Morgan fingerprint density at radius 2 is 2.07 bits per heavy atom. The van der Waals surface area contributed by atoms with Crippen molar-refractivity contribution in [2.75, 3.05) is 11.9 Å². The van der Waals surface area contributed by atoms with Crippen molar-refractivity contribution < 1.29 is 4.79 Å². The molecule has 0 atom stereocenters. The SMILES string of the molecule is [CH2]C(=O)N(C)c1c(C)cc(C)[nH]c1=O. The minimum atomic E-state index is -0.401. The number of carbonyl (C=O) groups excluding carboxylic acids is 1. The maximum Gasteiger partial charge on any atom is 0.272 e. The second kappa shape index (κ2) is 3.65. The molecule has 0 aliphatic heterocycles. The van der Waals surface area contributed by atoms with Gasteiger partial charge in [0.05, 0.1) is 0 Å². The smallest absolute Gasteiger partial charge is 0.272 e. The fourth-order valence-electron chi connectivity index (χ4n) is 1.39. The Balaban J connectivity index is 3.35. The Kier molecular flexibility index (Phi) is 2.74. The lowest BCUT2D eigenvalue weighted by Gasteiger charge is -2.16. The van der Waals surface area contributed by atoms with Crippen molar-refractivity contribution in [3.05, 3.63) is 34.6 Å². The van der Waals surface area contributed by atoms with E-state index in [-0.39, 0.29) is 5.56 Å². The van der Waals surface area contributed by atoms with Gasteiger partial charge in [-0.25, -0.2) is 0 Å². The summed E-state index contributed by atoms with van der Waals surface area (Å²) in [5.74, 6) is -0.401. The predicted molar refractivity (Wildman–Crippen MR) is 55.3 cm³/mol. The Morgan fingerprint density at radius 1 is 1.50 bits per heavy atom. The van der Waals surface area contributed by atoms with E-state index >= 15 is 0 Å². The monoisotopic (exact) mass is 193 g/mol. The van der Waals surface area contributed by atoms with E-state index in [0.717, 1.165) is 11.3 Å². The summed E-state index contributed by atoms with van der Waals surface area (Å²) < 4.78 is 0. The molecule has 4 heteroatoms. The molecular weight excluding hydrogens is 180 g/mol. The molecule has 1 aromatic rings. The zero-order chi connectivity index (χ0) is 10.9. The summed E-state index contributed by atoms with van der Waals surface area (Å²) in [5.41, 5.74) is 1.64. The van der Waals surface area contributed by atoms with E-state index in [9.17, 15) is 9.59 Å². The molecule has 0 aromatic carbocycles. The van der Waals surface area contributed by atoms with Crippen LogP contribution in [-0.4, -0.2) is 17.9 Å². The normalized spacial score (nSPS) is 10.0. The van der Waals surface area contributed by atoms with Crippen LogP contribution in [0.2, 0.25) is 0 Å². The largest absolute Gasteiger partial charge is 0.325 e. The minimum absolute atomic E-state index is 0.262. The van der Waals surface area contributed by atoms with Crippen LogP contribution in [0.25, 0.3) is 0 Å². The Morgan fingerprint density at radius 3 is 2.50 bits per heavy atom. The van der Waals surface area contributed by atoms with Crippen LogP contribution in [0.4, 0.5) is 5.69 Å². The van der Waals surface area contributed by atoms with Gasteiger partial charge in [-0.1, -0.05) is 0 Å². The number of rotatable bonds is 1. The first kappa shape index (κ1) is 10.5.